The average molecular weight is 378 g/mol. The Morgan fingerprint density at radius 3 is 2.42 bits per heavy atom. The second kappa shape index (κ2) is 6.21. The first kappa shape index (κ1) is 15.1. The molecule has 0 fully saturated rings. The van der Waals surface area contributed by atoms with E-state index in [-0.39, 0.29) is 0 Å². The molecule has 2 heterocycles. The van der Waals surface area contributed by atoms with E-state index in [1.165, 1.54) is 5.56 Å². The van der Waals surface area contributed by atoms with E-state index in [9.17, 15) is 0 Å². The van der Waals surface area contributed by atoms with E-state index in [0.717, 1.165) is 39.4 Å². The first-order valence-electron chi connectivity index (χ1n) is 7.83. The average Bonchev–Trinajstić information content (AvgIpc) is 3.03. The molecule has 2 aromatic rings. The number of hydrogen-bond acceptors (Lipinski definition) is 2. The summed E-state index contributed by atoms with van der Waals surface area (Å²) < 4.78 is 3.27. The molecule has 0 amide bonds. The van der Waals surface area contributed by atoms with Crippen molar-refractivity contribution >= 4 is 15.9 Å². The van der Waals surface area contributed by atoms with E-state index in [1.54, 1.807) is 0 Å². The van der Waals surface area contributed by atoms with Gasteiger partial charge in [0.15, 0.2) is 5.82 Å². The number of aryl methyl sites for hydroxylation is 1. The molecule has 24 heavy (non-hydrogen) atoms. The van der Waals surface area contributed by atoms with Crippen molar-refractivity contribution in [3.63, 3.8) is 0 Å². The summed E-state index contributed by atoms with van der Waals surface area (Å²) in [6, 6.07) is 18.5. The van der Waals surface area contributed by atoms with Crippen LogP contribution < -0.4 is 0 Å². The minimum absolute atomic E-state index is 0.787. The van der Waals surface area contributed by atoms with Gasteiger partial charge in [0.2, 0.25) is 0 Å². The third kappa shape index (κ3) is 2.97. The summed E-state index contributed by atoms with van der Waals surface area (Å²) in [6.07, 6.45) is 4.21. The van der Waals surface area contributed by atoms with Crippen molar-refractivity contribution in [2.24, 2.45) is 0 Å². The van der Waals surface area contributed by atoms with Crippen molar-refractivity contribution in [3.8, 4) is 22.8 Å². The molecule has 2 aromatic carbocycles. The van der Waals surface area contributed by atoms with Gasteiger partial charge in [-0.05, 0) is 30.2 Å². The first-order chi connectivity index (χ1) is 11.7. The number of pyridine rings is 1. The lowest BCUT2D eigenvalue weighted by Gasteiger charge is -2.10. The van der Waals surface area contributed by atoms with Crippen molar-refractivity contribution in [1.82, 2.24) is 14.5 Å². The van der Waals surface area contributed by atoms with Crippen molar-refractivity contribution < 1.29 is 0 Å². The van der Waals surface area contributed by atoms with Gasteiger partial charge in [0.25, 0.3) is 0 Å². The zero-order chi connectivity index (χ0) is 16.5. The van der Waals surface area contributed by atoms with Gasteiger partial charge in [-0.1, -0.05) is 58.4 Å². The van der Waals surface area contributed by atoms with Gasteiger partial charge in [-0.15, -0.1) is 0 Å². The van der Waals surface area contributed by atoms with Crippen LogP contribution in [-0.4, -0.2) is 14.5 Å². The zero-order valence-electron chi connectivity index (χ0n) is 13.3. The number of fused-ring (bicyclic) bond motifs is 1. The highest BCUT2D eigenvalue weighted by atomic mass is 79.9. The van der Waals surface area contributed by atoms with E-state index in [2.05, 4.69) is 64.1 Å². The molecule has 0 unspecified atom stereocenters. The Morgan fingerprint density at radius 1 is 0.917 bits per heavy atom. The summed E-state index contributed by atoms with van der Waals surface area (Å²) in [6.45, 7) is 2.90. The topological polar surface area (TPSA) is 30.7 Å². The van der Waals surface area contributed by atoms with Crippen LogP contribution in [0.25, 0.3) is 22.8 Å². The van der Waals surface area contributed by atoms with Crippen LogP contribution in [0.1, 0.15) is 11.1 Å². The number of rotatable bonds is 3. The van der Waals surface area contributed by atoms with Gasteiger partial charge in [-0.3, -0.25) is 0 Å². The molecule has 2 aliphatic heterocycles. The molecule has 0 bridgehead atoms. The lowest BCUT2D eigenvalue weighted by molar-refractivity contribution is 0.784. The predicted molar refractivity (Wildman–Crippen MR) is 100 cm³/mol. The van der Waals surface area contributed by atoms with Gasteiger partial charge >= 0.3 is 0 Å². The van der Waals surface area contributed by atoms with Crippen LogP contribution in [0.5, 0.6) is 0 Å². The highest BCUT2D eigenvalue weighted by molar-refractivity contribution is 9.10. The third-order valence-corrected chi connectivity index (χ3v) is 4.55. The first-order valence-corrected chi connectivity index (χ1v) is 8.62. The molecule has 2 aliphatic rings. The highest BCUT2D eigenvalue weighted by Gasteiger charge is 2.15. The molecule has 0 aromatic heterocycles. The lowest BCUT2D eigenvalue weighted by atomic mass is 10.2. The Bertz CT molecular complexity index is 943. The van der Waals surface area contributed by atoms with E-state index in [4.69, 9.17) is 9.97 Å². The van der Waals surface area contributed by atoms with Gasteiger partial charge in [0, 0.05) is 29.0 Å². The van der Waals surface area contributed by atoms with E-state index in [1.807, 2.05) is 30.3 Å². The van der Waals surface area contributed by atoms with E-state index >= 15 is 0 Å². The predicted octanol–water partition coefficient (Wildman–Crippen LogP) is 5.17. The number of halogens is 1. The molecule has 4 rings (SSSR count). The Balaban J connectivity index is 1.72. The summed E-state index contributed by atoms with van der Waals surface area (Å²) in [5.74, 6) is 0.787. The van der Waals surface area contributed by atoms with Crippen LogP contribution >= 0.6 is 15.9 Å². The molecule has 118 valence electrons. The van der Waals surface area contributed by atoms with Crippen LogP contribution in [-0.2, 0) is 6.54 Å². The minimum atomic E-state index is 0.787. The summed E-state index contributed by atoms with van der Waals surface area (Å²) in [5, 5.41) is 0. The van der Waals surface area contributed by atoms with Crippen molar-refractivity contribution in [1.29, 1.82) is 0 Å². The van der Waals surface area contributed by atoms with Gasteiger partial charge in [-0.2, -0.15) is 0 Å². The van der Waals surface area contributed by atoms with Crippen LogP contribution in [0.2, 0.25) is 0 Å². The SMILES string of the molecule is Cc1cn(Cc2ccc(Br)cc2)cc2nc(-c3ccccc3)nc1-2. The highest BCUT2D eigenvalue weighted by Crippen LogP contribution is 2.27. The second-order valence-electron chi connectivity index (χ2n) is 5.89. The molecule has 0 saturated heterocycles. The van der Waals surface area contributed by atoms with Gasteiger partial charge in [0.05, 0.1) is 5.69 Å². The molecule has 0 N–H and O–H groups in total. The lowest BCUT2D eigenvalue weighted by Crippen LogP contribution is -2.03. The number of aromatic nitrogens is 3. The summed E-state index contributed by atoms with van der Waals surface area (Å²) in [4.78, 5) is 9.43. The summed E-state index contributed by atoms with van der Waals surface area (Å²) in [5.41, 5.74) is 5.35. The molecule has 0 atom stereocenters. The fourth-order valence-corrected chi connectivity index (χ4v) is 3.11. The van der Waals surface area contributed by atoms with Gasteiger partial charge in [0.1, 0.15) is 5.69 Å². The number of nitrogens with zero attached hydrogens (tertiary/aromatic N) is 3. The molecule has 4 heteroatoms. The molecule has 0 saturated carbocycles. The quantitative estimate of drug-likeness (QED) is 0.493. The Hall–Kier alpha value is -2.46. The van der Waals surface area contributed by atoms with Gasteiger partial charge < -0.3 is 4.57 Å². The smallest absolute Gasteiger partial charge is 0.160 e. The maximum Gasteiger partial charge on any atom is 0.160 e. The van der Waals surface area contributed by atoms with Crippen molar-refractivity contribution in [3.05, 3.63) is 82.6 Å². The van der Waals surface area contributed by atoms with Gasteiger partial charge in [-0.25, -0.2) is 9.97 Å². The standard InChI is InChI=1S/C20H16BrN3/c1-14-11-24(12-15-7-9-17(21)10-8-15)13-18-19(14)23-20(22-18)16-5-3-2-4-6-16/h2-11,13H,12H2,1H3. The zero-order valence-corrected chi connectivity index (χ0v) is 14.9. The maximum absolute atomic E-state index is 4.72. The van der Waals surface area contributed by atoms with Crippen molar-refractivity contribution in [2.45, 2.75) is 13.5 Å². The number of imidazole rings is 1. The Labute approximate surface area is 149 Å². The van der Waals surface area contributed by atoms with Crippen LogP contribution in [0.4, 0.5) is 0 Å². The number of benzene rings is 2. The van der Waals surface area contributed by atoms with Crippen LogP contribution in [0.15, 0.2) is 71.5 Å². The fourth-order valence-electron chi connectivity index (χ4n) is 2.85. The largest absolute Gasteiger partial charge is 0.347 e. The third-order valence-electron chi connectivity index (χ3n) is 4.02. The summed E-state index contributed by atoms with van der Waals surface area (Å²) >= 11 is 3.47. The molecule has 0 spiro atoms. The number of hydrogen-bond donors (Lipinski definition) is 0. The van der Waals surface area contributed by atoms with Crippen LogP contribution in [0, 0.1) is 6.92 Å². The van der Waals surface area contributed by atoms with Crippen molar-refractivity contribution in [2.75, 3.05) is 0 Å². The Kier molecular flexibility index (Phi) is 3.90. The summed E-state index contributed by atoms with van der Waals surface area (Å²) in [7, 11) is 0. The molecule has 3 nitrogen and oxygen atoms in total. The van der Waals surface area contributed by atoms with Crippen LogP contribution in [0.3, 0.4) is 0 Å². The van der Waals surface area contributed by atoms with E-state index in [0.29, 0.717) is 0 Å². The minimum Gasteiger partial charge on any atom is -0.347 e. The molecular formula is C20H16BrN3. The van der Waals surface area contributed by atoms with E-state index < -0.39 is 0 Å². The molecular weight excluding hydrogens is 362 g/mol. The second-order valence-corrected chi connectivity index (χ2v) is 6.80. The normalized spacial score (nSPS) is 11.1. The fraction of sp³-hybridized carbons (Fsp3) is 0.100. The molecule has 0 radical (unpaired) electrons. The monoisotopic (exact) mass is 377 g/mol. The maximum atomic E-state index is 4.72. The Morgan fingerprint density at radius 2 is 1.67 bits per heavy atom. The molecule has 0 aliphatic carbocycles.